The molecule has 1 saturated heterocycles. The van der Waals surface area contributed by atoms with Crippen LogP contribution in [0.2, 0.25) is 5.02 Å². The van der Waals surface area contributed by atoms with Gasteiger partial charge in [0.25, 0.3) is 5.69 Å². The molecule has 1 unspecified atom stereocenters. The molecule has 1 aliphatic heterocycles. The van der Waals surface area contributed by atoms with Crippen LogP contribution in [0.5, 0.6) is 5.75 Å². The number of benzene rings is 2. The number of nitro benzene ring substituents is 1. The standard InChI is InChI=1S/C18H15ClFN3O5/c1-28-16-8-12(23(26)27)3-5-15(16)21-18(25)10-6-17(24)22(9-10)11-2-4-14(20)13(19)7-11/h2-5,7-8,10H,6,9H2,1H3,(H,21,25). The summed E-state index contributed by atoms with van der Waals surface area (Å²) in [7, 11) is 1.33. The van der Waals surface area contributed by atoms with Crippen LogP contribution in [0.25, 0.3) is 0 Å². The van der Waals surface area contributed by atoms with Gasteiger partial charge in [0, 0.05) is 24.7 Å². The number of hydrogen-bond acceptors (Lipinski definition) is 5. The molecule has 1 heterocycles. The summed E-state index contributed by atoms with van der Waals surface area (Å²) < 4.78 is 18.4. The van der Waals surface area contributed by atoms with E-state index in [1.807, 2.05) is 0 Å². The van der Waals surface area contributed by atoms with Crippen LogP contribution in [0.1, 0.15) is 6.42 Å². The van der Waals surface area contributed by atoms with Gasteiger partial charge in [-0.15, -0.1) is 0 Å². The molecule has 0 radical (unpaired) electrons. The minimum atomic E-state index is -0.656. The van der Waals surface area contributed by atoms with Crippen molar-refractivity contribution in [2.24, 2.45) is 5.92 Å². The first-order valence-corrected chi connectivity index (χ1v) is 8.56. The summed E-state index contributed by atoms with van der Waals surface area (Å²) in [6.07, 6.45) is -0.0316. The third-order valence-corrected chi connectivity index (χ3v) is 4.65. The van der Waals surface area contributed by atoms with Crippen molar-refractivity contribution in [3.63, 3.8) is 0 Å². The van der Waals surface area contributed by atoms with Crippen LogP contribution in [0.3, 0.4) is 0 Å². The number of rotatable bonds is 5. The van der Waals surface area contributed by atoms with Gasteiger partial charge in [-0.3, -0.25) is 19.7 Å². The Bertz CT molecular complexity index is 968. The average Bonchev–Trinajstić information content (AvgIpc) is 3.06. The van der Waals surface area contributed by atoms with E-state index in [-0.39, 0.29) is 41.0 Å². The average molecular weight is 408 g/mol. The molecule has 8 nitrogen and oxygen atoms in total. The maximum atomic E-state index is 13.3. The lowest BCUT2D eigenvalue weighted by atomic mass is 10.1. The second-order valence-corrected chi connectivity index (χ2v) is 6.54. The number of nitrogens with zero attached hydrogens (tertiary/aromatic N) is 2. The van der Waals surface area contributed by atoms with Gasteiger partial charge in [-0.25, -0.2) is 4.39 Å². The molecule has 0 bridgehead atoms. The quantitative estimate of drug-likeness (QED) is 0.604. The fourth-order valence-electron chi connectivity index (χ4n) is 2.92. The predicted molar refractivity (Wildman–Crippen MR) is 100 cm³/mol. The van der Waals surface area contributed by atoms with Crippen molar-refractivity contribution in [3.05, 3.63) is 57.4 Å². The maximum absolute atomic E-state index is 13.3. The minimum absolute atomic E-state index is 0.0316. The Hall–Kier alpha value is -3.20. The molecule has 146 valence electrons. The first kappa shape index (κ1) is 19.6. The highest BCUT2D eigenvalue weighted by Crippen LogP contribution is 2.32. The van der Waals surface area contributed by atoms with E-state index in [1.54, 1.807) is 0 Å². The van der Waals surface area contributed by atoms with E-state index in [9.17, 15) is 24.1 Å². The fourth-order valence-corrected chi connectivity index (χ4v) is 3.09. The smallest absolute Gasteiger partial charge is 0.273 e. The number of nitro groups is 1. The number of carbonyl (C=O) groups is 2. The summed E-state index contributed by atoms with van der Waals surface area (Å²) in [5.41, 5.74) is 0.485. The third kappa shape index (κ3) is 3.89. The summed E-state index contributed by atoms with van der Waals surface area (Å²) in [5, 5.41) is 13.4. The van der Waals surface area contributed by atoms with Gasteiger partial charge in [-0.05, 0) is 24.3 Å². The van der Waals surface area contributed by atoms with E-state index in [2.05, 4.69) is 5.32 Å². The normalized spacial score (nSPS) is 16.2. The Morgan fingerprint density at radius 1 is 1.36 bits per heavy atom. The third-order valence-electron chi connectivity index (χ3n) is 4.36. The highest BCUT2D eigenvalue weighted by molar-refractivity contribution is 6.31. The number of non-ortho nitro benzene ring substituents is 1. The largest absolute Gasteiger partial charge is 0.494 e. The molecule has 2 amide bonds. The summed E-state index contributed by atoms with van der Waals surface area (Å²) in [4.78, 5) is 36.5. The predicted octanol–water partition coefficient (Wildman–Crippen LogP) is 3.39. The molecule has 28 heavy (non-hydrogen) atoms. The fraction of sp³-hybridized carbons (Fsp3) is 0.222. The lowest BCUT2D eigenvalue weighted by Gasteiger charge is -2.17. The first-order chi connectivity index (χ1) is 13.3. The van der Waals surface area contributed by atoms with E-state index < -0.39 is 22.6 Å². The number of hydrogen-bond donors (Lipinski definition) is 1. The van der Waals surface area contributed by atoms with Crippen molar-refractivity contribution in [1.29, 1.82) is 0 Å². The molecule has 0 aromatic heterocycles. The van der Waals surface area contributed by atoms with Crippen molar-refractivity contribution in [2.75, 3.05) is 23.9 Å². The Kier molecular flexibility index (Phi) is 5.46. The highest BCUT2D eigenvalue weighted by Gasteiger charge is 2.35. The van der Waals surface area contributed by atoms with Gasteiger partial charge >= 0.3 is 0 Å². The van der Waals surface area contributed by atoms with Gasteiger partial charge < -0.3 is 15.0 Å². The number of carbonyl (C=O) groups excluding carboxylic acids is 2. The molecule has 0 aliphatic carbocycles. The van der Waals surface area contributed by atoms with Crippen molar-refractivity contribution in [1.82, 2.24) is 0 Å². The topological polar surface area (TPSA) is 102 Å². The lowest BCUT2D eigenvalue weighted by Crippen LogP contribution is -2.28. The number of anilines is 2. The summed E-state index contributed by atoms with van der Waals surface area (Å²) in [5.74, 6) is -1.85. The Morgan fingerprint density at radius 3 is 2.75 bits per heavy atom. The van der Waals surface area contributed by atoms with Gasteiger partial charge in [-0.1, -0.05) is 11.6 Å². The Balaban J connectivity index is 1.74. The molecule has 1 aliphatic rings. The summed E-state index contributed by atoms with van der Waals surface area (Å²) in [6.45, 7) is 0.0991. The molecule has 2 aromatic rings. The number of amides is 2. The van der Waals surface area contributed by atoms with Crippen molar-refractivity contribution in [3.8, 4) is 5.75 Å². The zero-order chi connectivity index (χ0) is 20.4. The van der Waals surface area contributed by atoms with E-state index in [1.165, 1.54) is 42.3 Å². The van der Waals surface area contributed by atoms with Crippen LogP contribution in [-0.4, -0.2) is 30.4 Å². The van der Waals surface area contributed by atoms with Crippen molar-refractivity contribution < 1.29 is 23.6 Å². The zero-order valence-electron chi connectivity index (χ0n) is 14.6. The van der Waals surface area contributed by atoms with Crippen molar-refractivity contribution >= 4 is 40.5 Å². The molecular formula is C18H15ClFN3O5. The molecule has 3 rings (SSSR count). The molecule has 1 fully saturated rings. The van der Waals surface area contributed by atoms with Crippen LogP contribution in [0.4, 0.5) is 21.5 Å². The number of nitrogens with one attached hydrogen (secondary N) is 1. The number of ether oxygens (including phenoxy) is 1. The van der Waals surface area contributed by atoms with Crippen LogP contribution < -0.4 is 15.0 Å². The van der Waals surface area contributed by atoms with Crippen LogP contribution in [0, 0.1) is 21.8 Å². The zero-order valence-corrected chi connectivity index (χ0v) is 15.4. The van der Waals surface area contributed by atoms with Gasteiger partial charge in [0.05, 0.1) is 34.7 Å². The van der Waals surface area contributed by atoms with Crippen molar-refractivity contribution in [2.45, 2.75) is 6.42 Å². The Labute approximate surface area is 164 Å². The maximum Gasteiger partial charge on any atom is 0.273 e. The van der Waals surface area contributed by atoms with Crippen LogP contribution in [-0.2, 0) is 9.59 Å². The molecule has 10 heteroatoms. The van der Waals surface area contributed by atoms with Gasteiger partial charge in [0.2, 0.25) is 11.8 Å². The number of methoxy groups -OCH3 is 1. The minimum Gasteiger partial charge on any atom is -0.494 e. The van der Waals surface area contributed by atoms with Crippen LogP contribution in [0.15, 0.2) is 36.4 Å². The monoisotopic (exact) mass is 407 g/mol. The van der Waals surface area contributed by atoms with Crippen LogP contribution >= 0.6 is 11.6 Å². The second kappa shape index (κ2) is 7.81. The van der Waals surface area contributed by atoms with E-state index >= 15 is 0 Å². The molecule has 2 aromatic carbocycles. The van der Waals surface area contributed by atoms with E-state index in [0.29, 0.717) is 5.69 Å². The molecular weight excluding hydrogens is 393 g/mol. The summed E-state index contributed by atoms with van der Waals surface area (Å²) >= 11 is 5.76. The Morgan fingerprint density at radius 2 is 2.11 bits per heavy atom. The number of halogens is 2. The van der Waals surface area contributed by atoms with E-state index in [4.69, 9.17) is 16.3 Å². The SMILES string of the molecule is COc1cc([N+](=O)[O-])ccc1NC(=O)C1CC(=O)N(c2ccc(F)c(Cl)c2)C1. The molecule has 1 N–H and O–H groups in total. The van der Waals surface area contributed by atoms with E-state index in [0.717, 1.165) is 6.07 Å². The molecule has 0 saturated carbocycles. The molecule has 0 spiro atoms. The first-order valence-electron chi connectivity index (χ1n) is 8.19. The van der Waals surface area contributed by atoms with Gasteiger partial charge in [-0.2, -0.15) is 0 Å². The summed E-state index contributed by atoms with van der Waals surface area (Å²) in [6, 6.07) is 7.70. The second-order valence-electron chi connectivity index (χ2n) is 6.13. The van der Waals surface area contributed by atoms with Gasteiger partial charge in [0.1, 0.15) is 11.6 Å². The van der Waals surface area contributed by atoms with Gasteiger partial charge in [0.15, 0.2) is 0 Å². The highest BCUT2D eigenvalue weighted by atomic mass is 35.5. The molecule has 1 atom stereocenters. The lowest BCUT2D eigenvalue weighted by molar-refractivity contribution is -0.384.